The zero-order valence-electron chi connectivity index (χ0n) is 11.0. The average molecular weight is 281 g/mol. The van der Waals surface area contributed by atoms with Gasteiger partial charge in [-0.3, -0.25) is 4.79 Å². The molecule has 0 radical (unpaired) electrons. The van der Waals surface area contributed by atoms with Gasteiger partial charge in [-0.2, -0.15) is 0 Å². The molecule has 3 rings (SSSR count). The molecule has 104 valence electrons. The van der Waals surface area contributed by atoms with Crippen molar-refractivity contribution < 1.29 is 4.79 Å². The number of hydrogen-bond donors (Lipinski definition) is 2. The molecule has 2 saturated carbocycles. The Labute approximate surface area is 120 Å². The van der Waals surface area contributed by atoms with Crippen LogP contribution in [0.1, 0.15) is 25.7 Å². The molecule has 1 amide bonds. The van der Waals surface area contributed by atoms with E-state index < -0.39 is 0 Å². The lowest BCUT2D eigenvalue weighted by Gasteiger charge is -2.18. The van der Waals surface area contributed by atoms with Gasteiger partial charge in [0.25, 0.3) is 0 Å². The van der Waals surface area contributed by atoms with Crippen molar-refractivity contribution in [2.45, 2.75) is 31.7 Å². The van der Waals surface area contributed by atoms with Crippen LogP contribution >= 0.6 is 12.4 Å². The van der Waals surface area contributed by atoms with E-state index in [0.29, 0.717) is 12.6 Å². The second-order valence-corrected chi connectivity index (χ2v) is 5.49. The monoisotopic (exact) mass is 280 g/mol. The molecule has 0 spiro atoms. The highest BCUT2D eigenvalue weighted by Gasteiger charge is 2.42. The molecule has 2 aliphatic carbocycles. The van der Waals surface area contributed by atoms with Gasteiger partial charge in [-0.25, -0.2) is 0 Å². The quantitative estimate of drug-likeness (QED) is 0.841. The number of amides is 1. The number of hydrogen-bond acceptors (Lipinski definition) is 2. The number of carbonyl (C=O) groups excluding carboxylic acids is 1. The SMILES string of the molecule is Cl.O=C(CNc1ccccc1)NC(C1CC1)C1CC1. The summed E-state index contributed by atoms with van der Waals surface area (Å²) in [6, 6.07) is 10.3. The second kappa shape index (κ2) is 6.29. The van der Waals surface area contributed by atoms with Gasteiger partial charge in [0, 0.05) is 11.7 Å². The maximum atomic E-state index is 11.9. The molecule has 2 aliphatic rings. The fourth-order valence-corrected chi connectivity index (χ4v) is 2.51. The highest BCUT2D eigenvalue weighted by molar-refractivity contribution is 5.85. The van der Waals surface area contributed by atoms with Crippen LogP contribution in [0.3, 0.4) is 0 Å². The van der Waals surface area contributed by atoms with E-state index in [1.165, 1.54) is 25.7 Å². The van der Waals surface area contributed by atoms with Gasteiger partial charge in [0.1, 0.15) is 0 Å². The number of para-hydroxylation sites is 1. The first-order valence-corrected chi connectivity index (χ1v) is 6.91. The normalized spacial score (nSPS) is 17.7. The van der Waals surface area contributed by atoms with E-state index in [1.807, 2.05) is 30.3 Å². The molecule has 4 heteroatoms. The van der Waals surface area contributed by atoms with Crippen molar-refractivity contribution in [2.75, 3.05) is 11.9 Å². The van der Waals surface area contributed by atoms with Crippen molar-refractivity contribution in [1.29, 1.82) is 0 Å². The Hall–Kier alpha value is -1.22. The Morgan fingerprint density at radius 1 is 1.11 bits per heavy atom. The third-order valence-corrected chi connectivity index (χ3v) is 3.81. The van der Waals surface area contributed by atoms with E-state index in [4.69, 9.17) is 0 Å². The molecule has 0 aromatic heterocycles. The van der Waals surface area contributed by atoms with Crippen LogP contribution in [0.15, 0.2) is 30.3 Å². The molecule has 0 bridgehead atoms. The molecule has 1 aromatic rings. The van der Waals surface area contributed by atoms with Crippen LogP contribution in [-0.2, 0) is 4.79 Å². The summed E-state index contributed by atoms with van der Waals surface area (Å²) in [7, 11) is 0. The number of rotatable bonds is 6. The van der Waals surface area contributed by atoms with Crippen LogP contribution < -0.4 is 10.6 Å². The molecule has 0 atom stereocenters. The Morgan fingerprint density at radius 3 is 2.21 bits per heavy atom. The van der Waals surface area contributed by atoms with Crippen LogP contribution in [0.25, 0.3) is 0 Å². The minimum absolute atomic E-state index is 0. The number of anilines is 1. The summed E-state index contributed by atoms with van der Waals surface area (Å²) in [5.41, 5.74) is 1.00. The van der Waals surface area contributed by atoms with E-state index >= 15 is 0 Å². The first-order valence-electron chi connectivity index (χ1n) is 6.91. The molecule has 0 saturated heterocycles. The molecule has 0 aliphatic heterocycles. The number of nitrogens with one attached hydrogen (secondary N) is 2. The van der Waals surface area contributed by atoms with Crippen molar-refractivity contribution in [3.8, 4) is 0 Å². The fourth-order valence-electron chi connectivity index (χ4n) is 2.51. The van der Waals surface area contributed by atoms with Gasteiger partial charge in [0.2, 0.25) is 5.91 Å². The minimum atomic E-state index is 0. The molecule has 1 aromatic carbocycles. The maximum absolute atomic E-state index is 11.9. The van der Waals surface area contributed by atoms with E-state index in [0.717, 1.165) is 17.5 Å². The largest absolute Gasteiger partial charge is 0.376 e. The number of carbonyl (C=O) groups is 1. The zero-order valence-corrected chi connectivity index (χ0v) is 11.8. The lowest BCUT2D eigenvalue weighted by Crippen LogP contribution is -2.41. The van der Waals surface area contributed by atoms with Gasteiger partial charge >= 0.3 is 0 Å². The summed E-state index contributed by atoms with van der Waals surface area (Å²) in [6.45, 7) is 0.375. The third-order valence-electron chi connectivity index (χ3n) is 3.81. The van der Waals surface area contributed by atoms with Crippen LogP contribution in [0.2, 0.25) is 0 Å². The smallest absolute Gasteiger partial charge is 0.239 e. The van der Waals surface area contributed by atoms with Crippen LogP contribution in [0.4, 0.5) is 5.69 Å². The van der Waals surface area contributed by atoms with Gasteiger partial charge in [0.05, 0.1) is 6.54 Å². The minimum Gasteiger partial charge on any atom is -0.376 e. The number of halogens is 1. The topological polar surface area (TPSA) is 41.1 Å². The van der Waals surface area contributed by atoms with Crippen LogP contribution in [0.5, 0.6) is 0 Å². The maximum Gasteiger partial charge on any atom is 0.239 e. The predicted octanol–water partition coefficient (Wildman–Crippen LogP) is 2.83. The molecule has 2 N–H and O–H groups in total. The second-order valence-electron chi connectivity index (χ2n) is 5.49. The first kappa shape index (κ1) is 14.2. The first-order chi connectivity index (χ1) is 8.83. The Balaban J connectivity index is 0.00000133. The van der Waals surface area contributed by atoms with E-state index in [-0.39, 0.29) is 18.3 Å². The van der Waals surface area contributed by atoms with Crippen molar-refractivity contribution >= 4 is 24.0 Å². The van der Waals surface area contributed by atoms with Crippen LogP contribution in [-0.4, -0.2) is 18.5 Å². The van der Waals surface area contributed by atoms with E-state index in [2.05, 4.69) is 10.6 Å². The molecule has 0 heterocycles. The summed E-state index contributed by atoms with van der Waals surface area (Å²) < 4.78 is 0. The highest BCUT2D eigenvalue weighted by Crippen LogP contribution is 2.44. The summed E-state index contributed by atoms with van der Waals surface area (Å²) in [5.74, 6) is 1.65. The fraction of sp³-hybridized carbons (Fsp3) is 0.533. The molecule has 0 unspecified atom stereocenters. The van der Waals surface area contributed by atoms with Gasteiger partial charge in [-0.05, 0) is 49.7 Å². The van der Waals surface area contributed by atoms with Crippen molar-refractivity contribution in [3.05, 3.63) is 30.3 Å². The van der Waals surface area contributed by atoms with Crippen LogP contribution in [0, 0.1) is 11.8 Å². The Kier molecular flexibility index (Phi) is 4.70. The van der Waals surface area contributed by atoms with Crippen molar-refractivity contribution in [3.63, 3.8) is 0 Å². The zero-order chi connectivity index (χ0) is 12.4. The third kappa shape index (κ3) is 4.13. The standard InChI is InChI=1S/C15H20N2O.ClH/c18-14(10-16-13-4-2-1-3-5-13)17-15(11-6-7-11)12-8-9-12;/h1-5,11-12,15-16H,6-10H2,(H,17,18);1H. The molecular formula is C15H21ClN2O. The summed E-state index contributed by atoms with van der Waals surface area (Å²) in [5, 5.41) is 6.37. The highest BCUT2D eigenvalue weighted by atomic mass is 35.5. The molecule has 19 heavy (non-hydrogen) atoms. The van der Waals surface area contributed by atoms with Gasteiger partial charge in [-0.15, -0.1) is 12.4 Å². The van der Waals surface area contributed by atoms with Crippen molar-refractivity contribution in [2.24, 2.45) is 11.8 Å². The van der Waals surface area contributed by atoms with E-state index in [9.17, 15) is 4.79 Å². The number of benzene rings is 1. The Bertz CT molecular complexity index is 403. The lowest BCUT2D eigenvalue weighted by atomic mass is 10.1. The molecular weight excluding hydrogens is 260 g/mol. The Morgan fingerprint density at radius 2 is 1.68 bits per heavy atom. The van der Waals surface area contributed by atoms with E-state index in [1.54, 1.807) is 0 Å². The molecule has 2 fully saturated rings. The predicted molar refractivity (Wildman–Crippen MR) is 79.6 cm³/mol. The van der Waals surface area contributed by atoms with Crippen molar-refractivity contribution in [1.82, 2.24) is 5.32 Å². The van der Waals surface area contributed by atoms with Gasteiger partial charge in [0.15, 0.2) is 0 Å². The summed E-state index contributed by atoms with van der Waals surface area (Å²) in [6.07, 6.45) is 5.20. The summed E-state index contributed by atoms with van der Waals surface area (Å²) in [4.78, 5) is 11.9. The average Bonchev–Trinajstić information content (AvgIpc) is 3.28. The summed E-state index contributed by atoms with van der Waals surface area (Å²) >= 11 is 0. The molecule has 3 nitrogen and oxygen atoms in total. The van der Waals surface area contributed by atoms with Gasteiger partial charge < -0.3 is 10.6 Å². The lowest BCUT2D eigenvalue weighted by molar-refractivity contribution is -0.120. The van der Waals surface area contributed by atoms with Gasteiger partial charge in [-0.1, -0.05) is 18.2 Å².